The molecule has 6 heteroatoms. The van der Waals surface area contributed by atoms with Gasteiger partial charge in [0.15, 0.2) is 0 Å². The maximum atomic E-state index is 9.37. The van der Waals surface area contributed by atoms with Crippen molar-refractivity contribution in [1.82, 2.24) is 14.7 Å². The zero-order valence-corrected chi connectivity index (χ0v) is 19.9. The van der Waals surface area contributed by atoms with E-state index in [2.05, 4.69) is 51.1 Å². The summed E-state index contributed by atoms with van der Waals surface area (Å²) in [5, 5.41) is 9.37. The summed E-state index contributed by atoms with van der Waals surface area (Å²) in [6.07, 6.45) is 3.72. The Labute approximate surface area is 199 Å². The number of hydrogen-bond acceptors (Lipinski definition) is 5. The third kappa shape index (κ3) is 6.46. The molecule has 2 aliphatic rings. The monoisotopic (exact) mass is 454 g/mol. The molecule has 2 aromatic rings. The minimum atomic E-state index is 0. The molecule has 2 aliphatic heterocycles. The van der Waals surface area contributed by atoms with Crippen LogP contribution >= 0.6 is 12.4 Å². The van der Waals surface area contributed by atoms with Gasteiger partial charge in [-0.2, -0.15) is 5.26 Å². The Morgan fingerprint density at radius 1 is 0.875 bits per heavy atom. The molecule has 0 unspecified atom stereocenters. The standard InChI is InChI=1S/C26H34N4O.ClH/c1-31-26-9-7-22(8-10-26)20-29-15-11-25(12-16-29)30-14-4-13-28(17-18-30)21-24-6-3-2-5-23(24)19-27;/h2-3,5-10,25H,4,11-18,20-21H2,1H3;1H. The number of benzene rings is 2. The number of nitrogens with zero attached hydrogens (tertiary/aromatic N) is 4. The summed E-state index contributed by atoms with van der Waals surface area (Å²) >= 11 is 0. The Kier molecular flexibility index (Phi) is 9.37. The average Bonchev–Trinajstić information content (AvgIpc) is 3.06. The Morgan fingerprint density at radius 2 is 1.59 bits per heavy atom. The maximum Gasteiger partial charge on any atom is 0.118 e. The van der Waals surface area contributed by atoms with Crippen LogP contribution in [0.25, 0.3) is 0 Å². The van der Waals surface area contributed by atoms with Crippen LogP contribution in [0.4, 0.5) is 0 Å². The molecule has 0 atom stereocenters. The van der Waals surface area contributed by atoms with Crippen LogP contribution < -0.4 is 4.74 Å². The van der Waals surface area contributed by atoms with E-state index in [0.717, 1.165) is 49.6 Å². The highest BCUT2D eigenvalue weighted by molar-refractivity contribution is 5.85. The first-order valence-corrected chi connectivity index (χ1v) is 11.5. The van der Waals surface area contributed by atoms with Crippen LogP contribution in [0.1, 0.15) is 36.0 Å². The Bertz CT molecular complexity index is 874. The number of ether oxygens (including phenoxy) is 1. The minimum absolute atomic E-state index is 0. The molecule has 0 N–H and O–H groups in total. The van der Waals surface area contributed by atoms with Gasteiger partial charge in [-0.15, -0.1) is 12.4 Å². The van der Waals surface area contributed by atoms with Gasteiger partial charge < -0.3 is 4.74 Å². The third-order valence-corrected chi connectivity index (χ3v) is 6.79. The molecule has 172 valence electrons. The van der Waals surface area contributed by atoms with Crippen LogP contribution in [0.5, 0.6) is 5.75 Å². The maximum absolute atomic E-state index is 9.37. The molecule has 2 heterocycles. The number of halogens is 1. The summed E-state index contributed by atoms with van der Waals surface area (Å²) in [6, 6.07) is 19.5. The Balaban J connectivity index is 0.00000289. The summed E-state index contributed by atoms with van der Waals surface area (Å²) < 4.78 is 5.27. The zero-order valence-electron chi connectivity index (χ0n) is 19.1. The summed E-state index contributed by atoms with van der Waals surface area (Å²) in [5.41, 5.74) is 3.33. The molecule has 0 saturated carbocycles. The first kappa shape index (κ1) is 24.5. The highest BCUT2D eigenvalue weighted by Crippen LogP contribution is 2.21. The second-order valence-corrected chi connectivity index (χ2v) is 8.79. The predicted octanol–water partition coefficient (Wildman–Crippen LogP) is 4.16. The number of hydrogen-bond donors (Lipinski definition) is 0. The fourth-order valence-corrected chi connectivity index (χ4v) is 4.95. The lowest BCUT2D eigenvalue weighted by molar-refractivity contribution is 0.106. The van der Waals surface area contributed by atoms with Gasteiger partial charge in [0, 0.05) is 32.2 Å². The molecule has 4 rings (SSSR count). The molecule has 2 saturated heterocycles. The van der Waals surface area contributed by atoms with Crippen molar-refractivity contribution in [2.45, 2.75) is 38.4 Å². The molecular formula is C26H35ClN4O. The summed E-state index contributed by atoms with van der Waals surface area (Å²) in [4.78, 5) is 7.83. The first-order valence-electron chi connectivity index (χ1n) is 11.5. The second kappa shape index (κ2) is 12.2. The number of methoxy groups -OCH3 is 1. The van der Waals surface area contributed by atoms with Crippen molar-refractivity contribution < 1.29 is 4.74 Å². The zero-order chi connectivity index (χ0) is 21.5. The van der Waals surface area contributed by atoms with E-state index in [4.69, 9.17) is 4.74 Å². The fourth-order valence-electron chi connectivity index (χ4n) is 4.95. The van der Waals surface area contributed by atoms with Gasteiger partial charge in [0.25, 0.3) is 0 Å². The van der Waals surface area contributed by atoms with E-state index in [1.165, 1.54) is 44.5 Å². The molecule has 0 aromatic heterocycles. The van der Waals surface area contributed by atoms with E-state index >= 15 is 0 Å². The quantitative estimate of drug-likeness (QED) is 0.655. The van der Waals surface area contributed by atoms with Gasteiger partial charge in [-0.3, -0.25) is 14.7 Å². The highest BCUT2D eigenvalue weighted by atomic mass is 35.5. The number of nitriles is 1. The Morgan fingerprint density at radius 3 is 2.31 bits per heavy atom. The van der Waals surface area contributed by atoms with Crippen molar-refractivity contribution in [3.05, 3.63) is 65.2 Å². The van der Waals surface area contributed by atoms with Crippen molar-refractivity contribution >= 4 is 12.4 Å². The lowest BCUT2D eigenvalue weighted by Gasteiger charge is -2.38. The van der Waals surface area contributed by atoms with Crippen LogP contribution in [0.3, 0.4) is 0 Å². The van der Waals surface area contributed by atoms with Gasteiger partial charge >= 0.3 is 0 Å². The van der Waals surface area contributed by atoms with Crippen LogP contribution in [0.2, 0.25) is 0 Å². The van der Waals surface area contributed by atoms with Crippen molar-refractivity contribution in [2.24, 2.45) is 0 Å². The second-order valence-electron chi connectivity index (χ2n) is 8.79. The molecule has 0 aliphatic carbocycles. The van der Waals surface area contributed by atoms with Crippen molar-refractivity contribution in [3.63, 3.8) is 0 Å². The molecule has 2 aromatic carbocycles. The number of likely N-dealkylation sites (tertiary alicyclic amines) is 1. The molecular weight excluding hydrogens is 420 g/mol. The van der Waals surface area contributed by atoms with Crippen LogP contribution in [0.15, 0.2) is 48.5 Å². The van der Waals surface area contributed by atoms with Gasteiger partial charge in [-0.1, -0.05) is 30.3 Å². The van der Waals surface area contributed by atoms with Crippen molar-refractivity contribution in [3.8, 4) is 11.8 Å². The summed E-state index contributed by atoms with van der Waals surface area (Å²) in [5.74, 6) is 0.925. The van der Waals surface area contributed by atoms with Gasteiger partial charge in [-0.25, -0.2) is 0 Å². The minimum Gasteiger partial charge on any atom is -0.497 e. The molecule has 0 amide bonds. The molecule has 0 bridgehead atoms. The molecule has 5 nitrogen and oxygen atoms in total. The van der Waals surface area contributed by atoms with Gasteiger partial charge in [-0.05, 0) is 74.8 Å². The van der Waals surface area contributed by atoms with E-state index in [-0.39, 0.29) is 12.4 Å². The van der Waals surface area contributed by atoms with Crippen LogP contribution in [-0.2, 0) is 13.1 Å². The van der Waals surface area contributed by atoms with Crippen molar-refractivity contribution in [1.29, 1.82) is 5.26 Å². The van der Waals surface area contributed by atoms with Crippen LogP contribution in [-0.4, -0.2) is 67.1 Å². The average molecular weight is 455 g/mol. The van der Waals surface area contributed by atoms with Gasteiger partial charge in [0.05, 0.1) is 18.7 Å². The topological polar surface area (TPSA) is 42.7 Å². The largest absolute Gasteiger partial charge is 0.497 e. The van der Waals surface area contributed by atoms with Crippen LogP contribution in [0, 0.1) is 11.3 Å². The SMILES string of the molecule is COc1ccc(CN2CCC(N3CCCN(Cc4ccccc4C#N)CC3)CC2)cc1.Cl. The van der Waals surface area contributed by atoms with E-state index < -0.39 is 0 Å². The van der Waals surface area contributed by atoms with Gasteiger partial charge in [0.2, 0.25) is 0 Å². The lowest BCUT2D eigenvalue weighted by Crippen LogP contribution is -2.45. The van der Waals surface area contributed by atoms with Crippen molar-refractivity contribution in [2.75, 3.05) is 46.4 Å². The molecule has 32 heavy (non-hydrogen) atoms. The van der Waals surface area contributed by atoms with E-state index in [1.807, 2.05) is 18.2 Å². The first-order chi connectivity index (χ1) is 15.2. The lowest BCUT2D eigenvalue weighted by atomic mass is 10.0. The molecule has 0 radical (unpaired) electrons. The smallest absolute Gasteiger partial charge is 0.118 e. The van der Waals surface area contributed by atoms with E-state index in [9.17, 15) is 5.26 Å². The number of rotatable bonds is 6. The van der Waals surface area contributed by atoms with Gasteiger partial charge in [0.1, 0.15) is 5.75 Å². The van der Waals surface area contributed by atoms with E-state index in [1.54, 1.807) is 7.11 Å². The normalized spacial score (nSPS) is 19.0. The predicted molar refractivity (Wildman–Crippen MR) is 131 cm³/mol. The number of piperidine rings is 1. The summed E-state index contributed by atoms with van der Waals surface area (Å²) in [6.45, 7) is 8.80. The molecule has 0 spiro atoms. The summed E-state index contributed by atoms with van der Waals surface area (Å²) in [7, 11) is 1.72. The fraction of sp³-hybridized carbons (Fsp3) is 0.500. The molecule has 2 fully saturated rings. The highest BCUT2D eigenvalue weighted by Gasteiger charge is 2.26. The Hall–Kier alpha value is -2.10. The van der Waals surface area contributed by atoms with E-state index in [0.29, 0.717) is 6.04 Å². The third-order valence-electron chi connectivity index (χ3n) is 6.79.